The zero-order chi connectivity index (χ0) is 19.6. The molecule has 0 atom stereocenters. The van der Waals surface area contributed by atoms with Crippen LogP contribution in [0.5, 0.6) is 23.0 Å². The molecule has 0 unspecified atom stereocenters. The summed E-state index contributed by atoms with van der Waals surface area (Å²) in [5, 5.41) is 0.0574. The number of allylic oxidation sites excluding steroid dienone is 1. The Kier molecular flexibility index (Phi) is 5.46. The van der Waals surface area contributed by atoms with Crippen LogP contribution in [0.15, 0.2) is 35.4 Å². The molecular formula is C20H20ClNO5. The summed E-state index contributed by atoms with van der Waals surface area (Å²) in [6.07, 6.45) is 1.56. The van der Waals surface area contributed by atoms with Gasteiger partial charge in [-0.05, 0) is 36.4 Å². The molecule has 0 saturated carbocycles. The highest BCUT2D eigenvalue weighted by atomic mass is 35.5. The van der Waals surface area contributed by atoms with Crippen LogP contribution in [0.2, 0.25) is 0 Å². The molecule has 0 radical (unpaired) electrons. The molecule has 0 aromatic heterocycles. The van der Waals surface area contributed by atoms with Gasteiger partial charge in [-0.15, -0.1) is 0 Å². The maximum Gasteiger partial charge on any atom is 0.231 e. The smallest absolute Gasteiger partial charge is 0.231 e. The number of benzene rings is 2. The van der Waals surface area contributed by atoms with Gasteiger partial charge in [-0.1, -0.05) is 11.6 Å². The standard InChI is InChI=1S/C20H20ClNO5/c1-22(2)15-10-12(5-7-16(15)24-3)18(23)14(21)9-13-6-8-17-20(19(13)25-4)27-11-26-17/h5-10H,11H2,1-4H3/b14-9+. The number of methoxy groups -OCH3 is 2. The zero-order valence-electron chi connectivity index (χ0n) is 15.5. The second-order valence-corrected chi connectivity index (χ2v) is 6.43. The zero-order valence-corrected chi connectivity index (χ0v) is 16.3. The lowest BCUT2D eigenvalue weighted by Crippen LogP contribution is -2.11. The normalized spacial score (nSPS) is 12.7. The van der Waals surface area contributed by atoms with Crippen molar-refractivity contribution in [2.75, 3.05) is 40.0 Å². The van der Waals surface area contributed by atoms with Crippen LogP contribution >= 0.6 is 11.6 Å². The molecule has 0 N–H and O–H groups in total. The van der Waals surface area contributed by atoms with Gasteiger partial charge in [0, 0.05) is 25.2 Å². The fourth-order valence-corrected chi connectivity index (χ4v) is 3.03. The number of anilines is 1. The van der Waals surface area contributed by atoms with Crippen molar-refractivity contribution in [3.8, 4) is 23.0 Å². The summed E-state index contributed by atoms with van der Waals surface area (Å²) >= 11 is 6.32. The molecule has 1 aliphatic rings. The molecule has 3 rings (SSSR count). The Morgan fingerprint density at radius 2 is 1.93 bits per heavy atom. The Balaban J connectivity index is 1.96. The molecule has 7 heteroatoms. The molecule has 6 nitrogen and oxygen atoms in total. The van der Waals surface area contributed by atoms with Gasteiger partial charge in [0.2, 0.25) is 18.3 Å². The largest absolute Gasteiger partial charge is 0.495 e. The van der Waals surface area contributed by atoms with Gasteiger partial charge in [0.1, 0.15) is 5.75 Å². The maximum absolute atomic E-state index is 12.8. The van der Waals surface area contributed by atoms with E-state index in [4.69, 9.17) is 30.5 Å². The number of Topliss-reactive ketones (excluding diaryl/α,β-unsaturated/α-hetero) is 1. The SMILES string of the molecule is COc1ccc(C(=O)/C(Cl)=C\c2ccc3c(c2OC)OCO3)cc1N(C)C. The molecule has 1 aliphatic heterocycles. The minimum atomic E-state index is -0.304. The summed E-state index contributed by atoms with van der Waals surface area (Å²) in [6, 6.07) is 8.69. The van der Waals surface area contributed by atoms with E-state index in [0.29, 0.717) is 34.1 Å². The van der Waals surface area contributed by atoms with Crippen LogP contribution in [0, 0.1) is 0 Å². The molecule has 0 amide bonds. The fraction of sp³-hybridized carbons (Fsp3) is 0.250. The minimum absolute atomic E-state index is 0.0574. The number of nitrogens with zero attached hydrogens (tertiary/aromatic N) is 1. The van der Waals surface area contributed by atoms with Crippen molar-refractivity contribution in [3.05, 3.63) is 46.5 Å². The number of ketones is 1. The van der Waals surface area contributed by atoms with E-state index in [0.717, 1.165) is 5.69 Å². The van der Waals surface area contributed by atoms with Gasteiger partial charge in [-0.25, -0.2) is 0 Å². The van der Waals surface area contributed by atoms with Crippen LogP contribution in [-0.2, 0) is 0 Å². The number of hydrogen-bond donors (Lipinski definition) is 0. The van der Waals surface area contributed by atoms with Crippen molar-refractivity contribution < 1.29 is 23.7 Å². The topological polar surface area (TPSA) is 57.2 Å². The monoisotopic (exact) mass is 389 g/mol. The van der Waals surface area contributed by atoms with Crippen molar-refractivity contribution in [2.24, 2.45) is 0 Å². The first-order valence-electron chi connectivity index (χ1n) is 8.20. The van der Waals surface area contributed by atoms with Crippen LogP contribution in [0.4, 0.5) is 5.69 Å². The predicted octanol–water partition coefficient (Wildman–Crippen LogP) is 3.96. The number of hydrogen-bond acceptors (Lipinski definition) is 6. The molecule has 0 spiro atoms. The van der Waals surface area contributed by atoms with E-state index in [1.54, 1.807) is 43.5 Å². The summed E-state index contributed by atoms with van der Waals surface area (Å²) in [4.78, 5) is 14.7. The van der Waals surface area contributed by atoms with Gasteiger partial charge >= 0.3 is 0 Å². The molecule has 0 bridgehead atoms. The van der Waals surface area contributed by atoms with Gasteiger partial charge in [-0.3, -0.25) is 4.79 Å². The first-order chi connectivity index (χ1) is 13.0. The van der Waals surface area contributed by atoms with E-state index in [1.807, 2.05) is 19.0 Å². The summed E-state index contributed by atoms with van der Waals surface area (Å²) in [6.45, 7) is 0.130. The minimum Gasteiger partial charge on any atom is -0.495 e. The molecular weight excluding hydrogens is 370 g/mol. The molecule has 1 heterocycles. The molecule has 2 aromatic carbocycles. The van der Waals surface area contributed by atoms with Crippen LogP contribution < -0.4 is 23.8 Å². The molecule has 0 saturated heterocycles. The van der Waals surface area contributed by atoms with E-state index in [9.17, 15) is 4.79 Å². The van der Waals surface area contributed by atoms with Crippen LogP contribution in [-0.4, -0.2) is 40.9 Å². The van der Waals surface area contributed by atoms with E-state index < -0.39 is 0 Å². The summed E-state index contributed by atoms with van der Waals surface area (Å²) in [7, 11) is 6.86. The van der Waals surface area contributed by atoms with Crippen molar-refractivity contribution >= 4 is 29.1 Å². The Hall–Kier alpha value is -2.86. The van der Waals surface area contributed by atoms with Gasteiger partial charge in [0.05, 0.1) is 24.9 Å². The van der Waals surface area contributed by atoms with Crippen molar-refractivity contribution in [1.82, 2.24) is 0 Å². The highest BCUT2D eigenvalue weighted by molar-refractivity contribution is 6.47. The molecule has 0 aliphatic carbocycles. The average Bonchev–Trinajstić information content (AvgIpc) is 3.15. The number of rotatable bonds is 6. The molecule has 142 valence electrons. The summed E-state index contributed by atoms with van der Waals surface area (Å²) in [5.41, 5.74) is 1.87. The van der Waals surface area contributed by atoms with Gasteiger partial charge in [0.15, 0.2) is 11.5 Å². The fourth-order valence-electron chi connectivity index (χ4n) is 2.81. The number of carbonyl (C=O) groups excluding carboxylic acids is 1. The Morgan fingerprint density at radius 1 is 1.15 bits per heavy atom. The molecule has 2 aromatic rings. The van der Waals surface area contributed by atoms with Crippen molar-refractivity contribution in [1.29, 1.82) is 0 Å². The first kappa shape index (κ1) is 18.9. The maximum atomic E-state index is 12.8. The van der Waals surface area contributed by atoms with Gasteiger partial charge < -0.3 is 23.8 Å². The third-order valence-corrected chi connectivity index (χ3v) is 4.43. The Labute approximate surface area is 162 Å². The number of halogens is 1. The highest BCUT2D eigenvalue weighted by Crippen LogP contribution is 2.44. The van der Waals surface area contributed by atoms with E-state index in [2.05, 4.69) is 0 Å². The van der Waals surface area contributed by atoms with E-state index in [-0.39, 0.29) is 17.6 Å². The second-order valence-electron chi connectivity index (χ2n) is 6.02. The lowest BCUT2D eigenvalue weighted by atomic mass is 10.1. The van der Waals surface area contributed by atoms with Crippen molar-refractivity contribution in [2.45, 2.75) is 0 Å². The summed E-state index contributed by atoms with van der Waals surface area (Å²) < 4.78 is 21.5. The lowest BCUT2D eigenvalue weighted by molar-refractivity contribution is 0.104. The van der Waals surface area contributed by atoms with E-state index >= 15 is 0 Å². The average molecular weight is 390 g/mol. The first-order valence-corrected chi connectivity index (χ1v) is 8.58. The number of fused-ring (bicyclic) bond motifs is 1. The molecule has 0 fully saturated rings. The quantitative estimate of drug-likeness (QED) is 0.550. The van der Waals surface area contributed by atoms with E-state index in [1.165, 1.54) is 7.11 Å². The predicted molar refractivity (Wildman–Crippen MR) is 105 cm³/mol. The third-order valence-electron chi connectivity index (χ3n) is 4.15. The van der Waals surface area contributed by atoms with Gasteiger partial charge in [0.25, 0.3) is 0 Å². The second kappa shape index (κ2) is 7.80. The van der Waals surface area contributed by atoms with Crippen LogP contribution in [0.3, 0.4) is 0 Å². The lowest BCUT2D eigenvalue weighted by Gasteiger charge is -2.17. The Bertz CT molecular complexity index is 907. The highest BCUT2D eigenvalue weighted by Gasteiger charge is 2.22. The number of carbonyl (C=O) groups is 1. The number of ether oxygens (including phenoxy) is 4. The van der Waals surface area contributed by atoms with Gasteiger partial charge in [-0.2, -0.15) is 0 Å². The van der Waals surface area contributed by atoms with Crippen molar-refractivity contribution in [3.63, 3.8) is 0 Å². The van der Waals surface area contributed by atoms with Crippen LogP contribution in [0.25, 0.3) is 6.08 Å². The van der Waals surface area contributed by atoms with Crippen LogP contribution in [0.1, 0.15) is 15.9 Å². The summed E-state index contributed by atoms with van der Waals surface area (Å²) in [5.74, 6) is 1.94. The Morgan fingerprint density at radius 3 is 2.59 bits per heavy atom. The molecule has 27 heavy (non-hydrogen) atoms. The third kappa shape index (κ3) is 3.66.